The zero-order chi connectivity index (χ0) is 50.5. The first-order chi connectivity index (χ1) is 32.7. The minimum Gasteiger partial charge on any atom is -0.507 e. The number of hydrogen-bond donors (Lipinski definition) is 13. The molecule has 13 atom stereocenters. The van der Waals surface area contributed by atoms with Gasteiger partial charge in [0.25, 0.3) is 5.91 Å². The van der Waals surface area contributed by atoms with Crippen molar-refractivity contribution in [2.75, 3.05) is 27.3 Å². The second-order valence-corrected chi connectivity index (χ2v) is 17.5. The zero-order valence-electron chi connectivity index (χ0n) is 38.0. The topological polar surface area (TPSA) is 376 Å². The van der Waals surface area contributed by atoms with Gasteiger partial charge in [0.05, 0.1) is 42.6 Å². The molecule has 14 N–H and O–H groups in total. The molecule has 0 spiro atoms. The molecular weight excluding hydrogens is 913 g/mol. The third kappa shape index (κ3) is 9.23. The number of aliphatic hydroxyl groups excluding tert-OH is 5. The molecule has 2 amide bonds. The molecule has 0 radical (unpaired) electrons. The highest BCUT2D eigenvalue weighted by atomic mass is 16.7. The van der Waals surface area contributed by atoms with Crippen molar-refractivity contribution in [1.29, 1.82) is 0 Å². The van der Waals surface area contributed by atoms with Crippen LogP contribution in [0.3, 0.4) is 0 Å². The van der Waals surface area contributed by atoms with E-state index >= 15 is 0 Å². The molecule has 2 fully saturated rings. The number of unbranched alkanes of at least 4 members (excludes halogenated alkanes) is 1. The summed E-state index contributed by atoms with van der Waals surface area (Å²) in [5.74, 6) is -7.57. The molecule has 2 aliphatic heterocycles. The first-order valence-corrected chi connectivity index (χ1v) is 22.1. The first kappa shape index (κ1) is 51.0. The summed E-state index contributed by atoms with van der Waals surface area (Å²) in [5.41, 5.74) is 1.93. The Labute approximate surface area is 393 Å². The van der Waals surface area contributed by atoms with Crippen LogP contribution in [0.2, 0.25) is 0 Å². The Morgan fingerprint density at radius 2 is 1.51 bits per heavy atom. The molecule has 23 nitrogen and oxygen atoms in total. The first-order valence-electron chi connectivity index (χ1n) is 22.1. The minimum absolute atomic E-state index is 0.000214. The van der Waals surface area contributed by atoms with Crippen molar-refractivity contribution in [2.24, 2.45) is 5.73 Å². The van der Waals surface area contributed by atoms with Crippen LogP contribution >= 0.6 is 0 Å². The number of aliphatic hydroxyl groups is 5. The number of rotatable bonds is 15. The SMILES string of the molecule is CNC1C(C)OC(O[C@H]2c3cc(C)c(C(=O)N[C@H](C)C(=O)N[C@@H](CCCCN)C(=O)O)c(O)c3-c3c(cc4c(c3O)C(=O)c3cc(OC)cc(O)c3C4=O)[C@@H]2O)C(O)C1OC1OCC(O)C(O)C1O. The maximum Gasteiger partial charge on any atom is 0.326 e. The Morgan fingerprint density at radius 3 is 2.16 bits per heavy atom. The van der Waals surface area contributed by atoms with Crippen molar-refractivity contribution in [2.45, 2.75) is 120 Å². The summed E-state index contributed by atoms with van der Waals surface area (Å²) < 4.78 is 29.1. The normalized spacial score (nSPS) is 28.1. The number of carboxylic acids is 1. The molecule has 2 heterocycles. The van der Waals surface area contributed by atoms with Crippen molar-refractivity contribution in [3.8, 4) is 34.1 Å². The largest absolute Gasteiger partial charge is 0.507 e. The van der Waals surface area contributed by atoms with E-state index in [4.69, 9.17) is 29.4 Å². The number of nitrogens with one attached hydrogen (secondary N) is 3. The van der Waals surface area contributed by atoms with E-state index in [1.54, 1.807) is 6.92 Å². The quantitative estimate of drug-likeness (QED) is 0.0636. The molecule has 4 aliphatic rings. The summed E-state index contributed by atoms with van der Waals surface area (Å²) in [6.07, 6.45) is -14.9. The number of carboxylic acid groups (broad SMARTS) is 1. The van der Waals surface area contributed by atoms with Crippen LogP contribution in [0.1, 0.15) is 104 Å². The number of carbonyl (C=O) groups is 5. The van der Waals surface area contributed by atoms with E-state index in [9.17, 15) is 69.9 Å². The zero-order valence-corrected chi connectivity index (χ0v) is 38.0. The number of fused-ring (bicyclic) bond motifs is 5. The van der Waals surface area contributed by atoms with Gasteiger partial charge in [0.15, 0.2) is 24.1 Å². The van der Waals surface area contributed by atoms with E-state index in [1.165, 1.54) is 40.1 Å². The van der Waals surface area contributed by atoms with E-state index in [2.05, 4.69) is 16.0 Å². The maximum atomic E-state index is 14.3. The number of hydrogen-bond acceptors (Lipinski definition) is 20. The van der Waals surface area contributed by atoms with Gasteiger partial charge in [-0.1, -0.05) is 6.07 Å². The number of carbonyl (C=O) groups excluding carboxylic acids is 4. The van der Waals surface area contributed by atoms with Crippen molar-refractivity contribution in [3.63, 3.8) is 0 Å². The number of likely N-dealkylation sites (N-methyl/N-ethyl adjacent to an activating group) is 1. The maximum absolute atomic E-state index is 14.3. The second kappa shape index (κ2) is 20.3. The van der Waals surface area contributed by atoms with Crippen LogP contribution < -0.4 is 26.4 Å². The third-order valence-electron chi connectivity index (χ3n) is 13.0. The van der Waals surface area contributed by atoms with Gasteiger partial charge in [0.2, 0.25) is 5.91 Å². The van der Waals surface area contributed by atoms with Gasteiger partial charge in [0, 0.05) is 28.3 Å². The lowest BCUT2D eigenvalue weighted by atomic mass is 9.74. The van der Waals surface area contributed by atoms with Crippen LogP contribution in [-0.2, 0) is 28.5 Å². The summed E-state index contributed by atoms with van der Waals surface area (Å²) in [7, 11) is 2.79. The number of aliphatic carboxylic acids is 1. The van der Waals surface area contributed by atoms with E-state index in [0.717, 1.165) is 12.1 Å². The number of methoxy groups -OCH3 is 1. The van der Waals surface area contributed by atoms with Gasteiger partial charge in [-0.25, -0.2) is 4.79 Å². The van der Waals surface area contributed by atoms with Crippen LogP contribution in [0.15, 0.2) is 24.3 Å². The number of amides is 2. The van der Waals surface area contributed by atoms with Crippen molar-refractivity contribution in [1.82, 2.24) is 16.0 Å². The average molecular weight is 969 g/mol. The van der Waals surface area contributed by atoms with E-state index in [-0.39, 0.29) is 34.4 Å². The van der Waals surface area contributed by atoms with Gasteiger partial charge in [-0.05, 0) is 82.4 Å². The van der Waals surface area contributed by atoms with Gasteiger partial charge in [0.1, 0.15) is 77.8 Å². The molecule has 23 heteroatoms. The fourth-order valence-electron chi connectivity index (χ4n) is 9.35. The fraction of sp³-hybridized carbons (Fsp3) is 0.500. The van der Waals surface area contributed by atoms with E-state index in [1.807, 2.05) is 0 Å². The molecule has 7 rings (SSSR count). The van der Waals surface area contributed by atoms with E-state index < -0.39 is 166 Å². The Hall–Kier alpha value is -5.83. The molecule has 3 aromatic carbocycles. The molecule has 374 valence electrons. The van der Waals surface area contributed by atoms with Crippen LogP contribution in [0.25, 0.3) is 11.1 Å². The summed E-state index contributed by atoms with van der Waals surface area (Å²) >= 11 is 0. The molecule has 0 saturated carbocycles. The van der Waals surface area contributed by atoms with Gasteiger partial charge >= 0.3 is 5.97 Å². The van der Waals surface area contributed by atoms with Crippen molar-refractivity contribution < 1.29 is 93.6 Å². The summed E-state index contributed by atoms with van der Waals surface area (Å²) in [6, 6.07) is 1.12. The lowest BCUT2D eigenvalue weighted by Crippen LogP contribution is -2.65. The predicted octanol–water partition coefficient (Wildman–Crippen LogP) is -0.998. The second-order valence-electron chi connectivity index (χ2n) is 17.5. The lowest BCUT2D eigenvalue weighted by molar-refractivity contribution is -0.339. The molecule has 69 heavy (non-hydrogen) atoms. The minimum atomic E-state index is -1.93. The average Bonchev–Trinajstić information content (AvgIpc) is 3.30. The highest BCUT2D eigenvalue weighted by Gasteiger charge is 2.51. The summed E-state index contributed by atoms with van der Waals surface area (Å²) in [6.45, 7) is 4.12. The van der Waals surface area contributed by atoms with Gasteiger partial charge in [-0.3, -0.25) is 19.2 Å². The fourth-order valence-corrected chi connectivity index (χ4v) is 9.35. The Kier molecular flexibility index (Phi) is 15.0. The highest BCUT2D eigenvalue weighted by Crippen LogP contribution is 2.57. The Bertz CT molecular complexity index is 2540. The summed E-state index contributed by atoms with van der Waals surface area (Å²) in [5, 5.41) is 108. The van der Waals surface area contributed by atoms with Crippen LogP contribution in [0, 0.1) is 6.92 Å². The molecule has 2 saturated heterocycles. The number of phenolic OH excluding ortho intramolecular Hbond substituents is 3. The standard InChI is InChI=1S/C46H56N4O19/c1-15-10-22-29(36(57)26(15)43(62)49-16(2)42(61)50-23(44(63)64)8-6-7-9-47)28-20(13-21-30(37(28)58)33(54)19-11-18(65-5)12-24(51)27(19)32(21)53)34(55)40(22)68-46-39(60)41(31(48-4)17(3)67-46)69-45-38(59)35(56)25(52)14-66-45/h10-13,16-17,23,25,31,34-35,38-41,45-46,48,51-52,55-60H,6-9,14,47H2,1-5H3,(H,49,62)(H,50,61)(H,63,64)/t16-,17?,23+,25?,31?,34+,35?,38?,39?,40+,41?,45?,46?/m1/s1. The highest BCUT2D eigenvalue weighted by molar-refractivity contribution is 6.31. The van der Waals surface area contributed by atoms with Crippen LogP contribution in [0.4, 0.5) is 0 Å². The van der Waals surface area contributed by atoms with Gasteiger partial charge in [-0.15, -0.1) is 0 Å². The Balaban J connectivity index is 1.32. The van der Waals surface area contributed by atoms with Crippen molar-refractivity contribution in [3.05, 3.63) is 68.8 Å². The summed E-state index contributed by atoms with van der Waals surface area (Å²) in [4.78, 5) is 67.7. The molecule has 3 aromatic rings. The van der Waals surface area contributed by atoms with Crippen LogP contribution in [-0.4, -0.2) is 170 Å². The molecule has 0 bridgehead atoms. The number of ether oxygens (including phenoxy) is 5. The third-order valence-corrected chi connectivity index (χ3v) is 13.0. The van der Waals surface area contributed by atoms with Crippen molar-refractivity contribution >= 4 is 29.4 Å². The molecular formula is C46H56N4O19. The van der Waals surface area contributed by atoms with Gasteiger partial charge in [-0.2, -0.15) is 0 Å². The number of phenols is 3. The molecule has 0 aromatic heterocycles. The monoisotopic (exact) mass is 968 g/mol. The Morgan fingerprint density at radius 1 is 0.841 bits per heavy atom. The molecule has 9 unspecified atom stereocenters. The van der Waals surface area contributed by atoms with Gasteiger partial charge < -0.3 is 91.3 Å². The number of ketones is 2. The number of nitrogens with two attached hydrogens (primary N) is 1. The lowest BCUT2D eigenvalue weighted by Gasteiger charge is -2.47. The van der Waals surface area contributed by atoms with E-state index in [0.29, 0.717) is 19.4 Å². The number of aryl methyl sites for hydroxylation is 1. The number of aromatic hydroxyl groups is 3. The number of benzene rings is 3. The molecule has 2 aliphatic carbocycles. The predicted molar refractivity (Wildman–Crippen MR) is 235 cm³/mol. The van der Waals surface area contributed by atoms with Crippen LogP contribution in [0.5, 0.6) is 23.0 Å². The smallest absolute Gasteiger partial charge is 0.326 e.